The highest BCUT2D eigenvalue weighted by Gasteiger charge is 2.36. The van der Waals surface area contributed by atoms with Crippen LogP contribution < -0.4 is 4.90 Å². The van der Waals surface area contributed by atoms with E-state index in [1.807, 2.05) is 23.7 Å². The van der Waals surface area contributed by atoms with E-state index in [-0.39, 0.29) is 11.9 Å². The van der Waals surface area contributed by atoms with Crippen molar-refractivity contribution >= 4 is 26.6 Å². The Morgan fingerprint density at radius 2 is 1.73 bits per heavy atom. The van der Waals surface area contributed by atoms with E-state index < -0.39 is 10.0 Å². The lowest BCUT2D eigenvalue weighted by Crippen LogP contribution is -2.54. The Bertz CT molecular complexity index is 1540. The molecule has 8 nitrogen and oxygen atoms in total. The van der Waals surface area contributed by atoms with Crippen LogP contribution in [0.5, 0.6) is 0 Å². The summed E-state index contributed by atoms with van der Waals surface area (Å²) in [4.78, 5) is 2.55. The number of rotatable bonds is 5. The number of benzene rings is 2. The lowest BCUT2D eigenvalue weighted by molar-refractivity contribution is 0.306. The first-order valence-corrected chi connectivity index (χ1v) is 14.3. The van der Waals surface area contributed by atoms with Crippen molar-refractivity contribution in [2.24, 2.45) is 0 Å². The Morgan fingerprint density at radius 1 is 1.00 bits per heavy atom. The van der Waals surface area contributed by atoms with Crippen LogP contribution in [0.15, 0.2) is 59.8 Å². The smallest absolute Gasteiger partial charge is 0.246 e. The van der Waals surface area contributed by atoms with Crippen LogP contribution in [0, 0.1) is 12.7 Å². The quantitative estimate of drug-likeness (QED) is 0.380. The maximum absolute atomic E-state index is 13.6. The molecule has 0 bridgehead atoms. The van der Waals surface area contributed by atoms with Gasteiger partial charge in [0.15, 0.2) is 0 Å². The van der Waals surface area contributed by atoms with Crippen LogP contribution in [0.3, 0.4) is 0 Å². The summed E-state index contributed by atoms with van der Waals surface area (Å²) in [6, 6.07) is 12.5. The van der Waals surface area contributed by atoms with Gasteiger partial charge in [-0.15, -0.1) is 0 Å². The Morgan fingerprint density at radius 3 is 2.46 bits per heavy atom. The van der Waals surface area contributed by atoms with Crippen LogP contribution in [-0.2, 0) is 10.0 Å². The summed E-state index contributed by atoms with van der Waals surface area (Å²) in [6.45, 7) is 5.35. The summed E-state index contributed by atoms with van der Waals surface area (Å²) in [5.74, 6) is -0.282. The third-order valence-electron chi connectivity index (χ3n) is 7.71. The molecule has 0 amide bonds. The van der Waals surface area contributed by atoms with Gasteiger partial charge in [-0.05, 0) is 69.2 Å². The summed E-state index contributed by atoms with van der Waals surface area (Å²) in [5.41, 5.74) is 3.33. The van der Waals surface area contributed by atoms with E-state index in [0.29, 0.717) is 36.3 Å². The predicted octanol–water partition coefficient (Wildman–Crippen LogP) is 4.68. The molecule has 2 aliphatic rings. The molecule has 0 unspecified atom stereocenters. The van der Waals surface area contributed by atoms with Crippen LogP contribution in [-0.4, -0.2) is 58.0 Å². The SMILES string of the molecule is Cc1nn(C2CCCC2)cc1S(=O)(=O)N1CCN(c2ccc3c(cnn3-c3ccc(F)cc3)c2)C[C@H]1C. The number of nitrogens with zero attached hydrogens (tertiary/aromatic N) is 6. The highest BCUT2D eigenvalue weighted by atomic mass is 32.2. The average Bonchev–Trinajstić information content (AvgIpc) is 3.64. The zero-order chi connectivity index (χ0) is 25.7. The molecule has 4 aromatic rings. The molecule has 1 saturated heterocycles. The predicted molar refractivity (Wildman–Crippen MR) is 141 cm³/mol. The molecule has 1 aliphatic carbocycles. The van der Waals surface area contributed by atoms with E-state index in [2.05, 4.69) is 21.2 Å². The van der Waals surface area contributed by atoms with Crippen LogP contribution in [0.25, 0.3) is 16.6 Å². The monoisotopic (exact) mass is 522 g/mol. The first-order valence-electron chi connectivity index (χ1n) is 12.9. The number of sulfonamides is 1. The van der Waals surface area contributed by atoms with E-state index in [1.165, 1.54) is 25.0 Å². The van der Waals surface area contributed by atoms with Crippen molar-refractivity contribution < 1.29 is 12.8 Å². The van der Waals surface area contributed by atoms with Gasteiger partial charge in [-0.3, -0.25) is 4.68 Å². The minimum absolute atomic E-state index is 0.189. The third-order valence-corrected chi connectivity index (χ3v) is 9.83. The standard InChI is InChI=1S/C27H31FN6O2S/c1-19-17-31(25-11-12-26-21(15-25)16-29-34(26)24-9-7-22(28)8-10-24)13-14-33(19)37(35,36)27-18-32(30-20(27)2)23-5-3-4-6-23/h7-12,15-16,18-19,23H,3-6,13-14,17H2,1-2H3/t19-/m1/s1. The van der Waals surface area contributed by atoms with E-state index in [9.17, 15) is 12.8 Å². The Hall–Kier alpha value is -3.24. The lowest BCUT2D eigenvalue weighted by atomic mass is 10.1. The van der Waals surface area contributed by atoms with E-state index >= 15 is 0 Å². The molecule has 1 saturated carbocycles. The molecular weight excluding hydrogens is 491 g/mol. The van der Waals surface area contributed by atoms with Crippen molar-refractivity contribution in [3.05, 3.63) is 66.4 Å². The topological polar surface area (TPSA) is 76.3 Å². The summed E-state index contributed by atoms with van der Waals surface area (Å²) < 4.78 is 45.9. The molecule has 3 heterocycles. The highest BCUT2D eigenvalue weighted by Crippen LogP contribution is 2.32. The summed E-state index contributed by atoms with van der Waals surface area (Å²) >= 11 is 0. The van der Waals surface area contributed by atoms with Crippen molar-refractivity contribution in [3.63, 3.8) is 0 Å². The van der Waals surface area contributed by atoms with Crippen LogP contribution in [0.4, 0.5) is 10.1 Å². The molecule has 1 atom stereocenters. The van der Waals surface area contributed by atoms with Crippen LogP contribution >= 0.6 is 0 Å². The maximum Gasteiger partial charge on any atom is 0.246 e. The molecule has 2 fully saturated rings. The molecule has 1 aliphatic heterocycles. The molecule has 2 aromatic carbocycles. The number of aryl methyl sites for hydroxylation is 1. The third kappa shape index (κ3) is 4.31. The van der Waals surface area contributed by atoms with Gasteiger partial charge in [0.25, 0.3) is 0 Å². The number of halogens is 1. The minimum Gasteiger partial charge on any atom is -0.369 e. The van der Waals surface area contributed by atoms with Crippen molar-refractivity contribution in [2.75, 3.05) is 24.5 Å². The molecule has 6 rings (SSSR count). The van der Waals surface area contributed by atoms with Gasteiger partial charge in [0.1, 0.15) is 10.7 Å². The zero-order valence-electron chi connectivity index (χ0n) is 21.1. The van der Waals surface area contributed by atoms with Gasteiger partial charge in [0.05, 0.1) is 29.1 Å². The molecule has 0 spiro atoms. The fourth-order valence-electron chi connectivity index (χ4n) is 5.74. The number of aromatic nitrogens is 4. The molecular formula is C27H31FN6O2S. The number of piperazine rings is 1. The van der Waals surface area contributed by atoms with Gasteiger partial charge in [0.2, 0.25) is 10.0 Å². The zero-order valence-corrected chi connectivity index (χ0v) is 21.9. The fraction of sp³-hybridized carbons (Fsp3) is 0.407. The first kappa shape index (κ1) is 24.1. The van der Waals surface area contributed by atoms with E-state index in [4.69, 9.17) is 0 Å². The summed E-state index contributed by atoms with van der Waals surface area (Å²) in [5, 5.41) is 10.0. The maximum atomic E-state index is 13.6. The van der Waals surface area contributed by atoms with Crippen molar-refractivity contribution in [1.82, 2.24) is 23.9 Å². The Balaban J connectivity index is 1.20. The van der Waals surface area contributed by atoms with Gasteiger partial charge in [-0.2, -0.15) is 14.5 Å². The van der Waals surface area contributed by atoms with Crippen molar-refractivity contribution in [1.29, 1.82) is 0 Å². The fourth-order valence-corrected chi connectivity index (χ4v) is 7.51. The van der Waals surface area contributed by atoms with Crippen molar-refractivity contribution in [3.8, 4) is 5.69 Å². The molecule has 10 heteroatoms. The number of fused-ring (bicyclic) bond motifs is 1. The van der Waals surface area contributed by atoms with Gasteiger partial charge in [-0.25, -0.2) is 17.5 Å². The van der Waals surface area contributed by atoms with Gasteiger partial charge in [-0.1, -0.05) is 12.8 Å². The second kappa shape index (κ2) is 9.25. The number of hydrogen-bond donors (Lipinski definition) is 0. The van der Waals surface area contributed by atoms with Gasteiger partial charge in [0, 0.05) is 42.9 Å². The second-order valence-corrected chi connectivity index (χ2v) is 12.0. The van der Waals surface area contributed by atoms with Crippen LogP contribution in [0.1, 0.15) is 44.3 Å². The Labute approximate surface area is 216 Å². The summed E-state index contributed by atoms with van der Waals surface area (Å²) in [7, 11) is -3.64. The lowest BCUT2D eigenvalue weighted by Gasteiger charge is -2.40. The van der Waals surface area contributed by atoms with Gasteiger partial charge >= 0.3 is 0 Å². The summed E-state index contributed by atoms with van der Waals surface area (Å²) in [6.07, 6.45) is 8.00. The average molecular weight is 523 g/mol. The number of hydrogen-bond acceptors (Lipinski definition) is 5. The second-order valence-electron chi connectivity index (χ2n) is 10.2. The largest absolute Gasteiger partial charge is 0.369 e. The van der Waals surface area contributed by atoms with Crippen LogP contribution in [0.2, 0.25) is 0 Å². The molecule has 37 heavy (non-hydrogen) atoms. The minimum atomic E-state index is -3.64. The van der Waals surface area contributed by atoms with E-state index in [1.54, 1.807) is 40.4 Å². The molecule has 194 valence electrons. The van der Waals surface area contributed by atoms with E-state index in [0.717, 1.165) is 35.1 Å². The molecule has 0 radical (unpaired) electrons. The normalized spacial score (nSPS) is 19.8. The number of anilines is 1. The van der Waals surface area contributed by atoms with Gasteiger partial charge < -0.3 is 4.90 Å². The Kier molecular flexibility index (Phi) is 6.03. The molecule has 2 aromatic heterocycles. The highest BCUT2D eigenvalue weighted by molar-refractivity contribution is 7.89. The van der Waals surface area contributed by atoms with Crippen molar-refractivity contribution in [2.45, 2.75) is 56.5 Å². The first-order chi connectivity index (χ1) is 17.8. The molecule has 0 N–H and O–H groups in total.